The molecule has 0 saturated carbocycles. The summed E-state index contributed by atoms with van der Waals surface area (Å²) in [7, 11) is -2.40. The van der Waals surface area contributed by atoms with Crippen LogP contribution in [0.15, 0.2) is 71.6 Å². The van der Waals surface area contributed by atoms with Gasteiger partial charge in [-0.2, -0.15) is 0 Å². The van der Waals surface area contributed by atoms with Crippen molar-refractivity contribution in [2.24, 2.45) is 5.73 Å². The highest BCUT2D eigenvalue weighted by molar-refractivity contribution is 7.92. The van der Waals surface area contributed by atoms with Gasteiger partial charge in [0, 0.05) is 11.3 Å². The van der Waals surface area contributed by atoms with Gasteiger partial charge in [-0.25, -0.2) is 8.42 Å². The second kappa shape index (κ2) is 10.0. The van der Waals surface area contributed by atoms with Crippen LogP contribution in [0.2, 0.25) is 0 Å². The highest BCUT2D eigenvalue weighted by Crippen LogP contribution is 2.24. The van der Waals surface area contributed by atoms with E-state index in [9.17, 15) is 18.0 Å². The number of primary amides is 1. The Morgan fingerprint density at radius 3 is 2.30 bits per heavy atom. The van der Waals surface area contributed by atoms with Crippen molar-refractivity contribution in [2.75, 3.05) is 23.8 Å². The van der Waals surface area contributed by atoms with E-state index in [-0.39, 0.29) is 27.4 Å². The number of hydrogen-bond acceptors (Lipinski definition) is 6. The molecule has 2 amide bonds. The van der Waals surface area contributed by atoms with E-state index in [4.69, 9.17) is 15.2 Å². The molecule has 3 rings (SSSR count). The molecule has 0 radical (unpaired) electrons. The van der Waals surface area contributed by atoms with E-state index in [2.05, 4.69) is 10.0 Å². The molecule has 10 heteroatoms. The molecule has 0 unspecified atom stereocenters. The molecule has 0 heterocycles. The summed E-state index contributed by atoms with van der Waals surface area (Å²) in [5, 5.41) is 2.63. The zero-order valence-corrected chi connectivity index (χ0v) is 18.8. The maximum absolute atomic E-state index is 12.8. The van der Waals surface area contributed by atoms with E-state index in [1.807, 2.05) is 0 Å². The molecule has 9 nitrogen and oxygen atoms in total. The molecule has 0 fully saturated rings. The standard InChI is InChI=1S/C23H23N3O6S/c1-3-32-18-9-12-21(20(14-18)22(24)27)25-23(28)15-5-4-6-16(13-15)26-33(29,30)19-10-7-17(31-2)8-11-19/h4-14,26H,3H2,1-2H3,(H2,24,27)(H,25,28). The second-order valence-corrected chi connectivity index (χ2v) is 8.50. The Hall–Kier alpha value is -4.05. The van der Waals surface area contributed by atoms with E-state index in [1.54, 1.807) is 13.0 Å². The molecule has 172 valence electrons. The van der Waals surface area contributed by atoms with Crippen LogP contribution in [0.4, 0.5) is 11.4 Å². The number of rotatable bonds is 9. The molecule has 33 heavy (non-hydrogen) atoms. The highest BCUT2D eigenvalue weighted by atomic mass is 32.2. The monoisotopic (exact) mass is 469 g/mol. The fourth-order valence-electron chi connectivity index (χ4n) is 2.98. The van der Waals surface area contributed by atoms with E-state index in [1.165, 1.54) is 67.8 Å². The lowest BCUT2D eigenvalue weighted by atomic mass is 10.1. The first-order chi connectivity index (χ1) is 15.7. The van der Waals surface area contributed by atoms with Crippen LogP contribution in [-0.2, 0) is 10.0 Å². The average molecular weight is 470 g/mol. The van der Waals surface area contributed by atoms with E-state index in [0.29, 0.717) is 18.1 Å². The lowest BCUT2D eigenvalue weighted by molar-refractivity contribution is 0.100. The molecule has 4 N–H and O–H groups in total. The summed E-state index contributed by atoms with van der Waals surface area (Å²) in [5.74, 6) is -0.309. The second-order valence-electron chi connectivity index (χ2n) is 6.82. The fourth-order valence-corrected chi connectivity index (χ4v) is 4.03. The average Bonchev–Trinajstić information content (AvgIpc) is 2.80. The van der Waals surface area contributed by atoms with Crippen LogP contribution < -0.4 is 25.2 Å². The molecule has 3 aromatic rings. The first kappa shape index (κ1) is 23.6. The molecule has 3 aromatic carbocycles. The van der Waals surface area contributed by atoms with Crippen LogP contribution in [0.1, 0.15) is 27.6 Å². The molecular weight excluding hydrogens is 446 g/mol. The zero-order valence-electron chi connectivity index (χ0n) is 18.0. The normalized spacial score (nSPS) is 10.8. The van der Waals surface area contributed by atoms with E-state index >= 15 is 0 Å². The largest absolute Gasteiger partial charge is 0.497 e. The van der Waals surface area contributed by atoms with Crippen LogP contribution in [0.25, 0.3) is 0 Å². The van der Waals surface area contributed by atoms with Gasteiger partial charge in [-0.15, -0.1) is 0 Å². The molecule has 0 bridgehead atoms. The minimum absolute atomic E-state index is 0.0404. The molecule has 0 aromatic heterocycles. The van der Waals surface area contributed by atoms with Crippen LogP contribution >= 0.6 is 0 Å². The molecule has 0 saturated heterocycles. The third kappa shape index (κ3) is 5.80. The number of carbonyl (C=O) groups is 2. The van der Waals surface area contributed by atoms with Crippen LogP contribution in [0.5, 0.6) is 11.5 Å². The highest BCUT2D eigenvalue weighted by Gasteiger charge is 2.17. The van der Waals surface area contributed by atoms with Gasteiger partial charge in [-0.05, 0) is 67.6 Å². The van der Waals surface area contributed by atoms with Gasteiger partial charge in [0.2, 0.25) is 0 Å². The first-order valence-corrected chi connectivity index (χ1v) is 11.4. The number of carbonyl (C=O) groups excluding carboxylic acids is 2. The Morgan fingerprint density at radius 1 is 0.970 bits per heavy atom. The molecule has 0 aliphatic rings. The van der Waals surface area contributed by atoms with Gasteiger partial charge in [0.25, 0.3) is 21.8 Å². The molecule has 0 spiro atoms. The van der Waals surface area contributed by atoms with E-state index in [0.717, 1.165) is 0 Å². The number of methoxy groups -OCH3 is 1. The van der Waals surface area contributed by atoms with Gasteiger partial charge in [-0.1, -0.05) is 6.07 Å². The number of amides is 2. The van der Waals surface area contributed by atoms with Crippen molar-refractivity contribution in [2.45, 2.75) is 11.8 Å². The van der Waals surface area contributed by atoms with Gasteiger partial charge < -0.3 is 20.5 Å². The van der Waals surface area contributed by atoms with Crippen molar-refractivity contribution in [3.05, 3.63) is 77.9 Å². The number of nitrogens with one attached hydrogen (secondary N) is 2. The Bertz CT molecular complexity index is 1270. The maximum atomic E-state index is 12.8. The van der Waals surface area contributed by atoms with Crippen molar-refractivity contribution in [3.8, 4) is 11.5 Å². The lowest BCUT2D eigenvalue weighted by Gasteiger charge is -2.13. The van der Waals surface area contributed by atoms with Crippen LogP contribution in [0, 0.1) is 0 Å². The van der Waals surface area contributed by atoms with Crippen molar-refractivity contribution < 1.29 is 27.5 Å². The minimum Gasteiger partial charge on any atom is -0.497 e. The maximum Gasteiger partial charge on any atom is 0.261 e. The number of sulfonamides is 1. The van der Waals surface area contributed by atoms with Crippen molar-refractivity contribution >= 4 is 33.2 Å². The fraction of sp³-hybridized carbons (Fsp3) is 0.130. The SMILES string of the molecule is CCOc1ccc(NC(=O)c2cccc(NS(=O)(=O)c3ccc(OC)cc3)c2)c(C(N)=O)c1. The third-order valence-corrected chi connectivity index (χ3v) is 5.96. The Balaban J connectivity index is 1.80. The van der Waals surface area contributed by atoms with Gasteiger partial charge in [0.1, 0.15) is 11.5 Å². The van der Waals surface area contributed by atoms with Crippen molar-refractivity contribution in [1.82, 2.24) is 0 Å². The Morgan fingerprint density at radius 2 is 1.67 bits per heavy atom. The number of anilines is 2. The predicted octanol–water partition coefficient (Wildman–Crippen LogP) is 3.25. The molecular formula is C23H23N3O6S. The van der Waals surface area contributed by atoms with Crippen molar-refractivity contribution in [3.63, 3.8) is 0 Å². The topological polar surface area (TPSA) is 137 Å². The predicted molar refractivity (Wildman–Crippen MR) is 124 cm³/mol. The number of benzene rings is 3. The van der Waals surface area contributed by atoms with Crippen molar-refractivity contribution in [1.29, 1.82) is 0 Å². The number of hydrogen-bond donors (Lipinski definition) is 3. The Labute approximate surface area is 191 Å². The van der Waals surface area contributed by atoms with Gasteiger partial charge in [0.15, 0.2) is 0 Å². The lowest BCUT2D eigenvalue weighted by Crippen LogP contribution is -2.19. The number of nitrogens with two attached hydrogens (primary N) is 1. The van der Waals surface area contributed by atoms with Gasteiger partial charge in [-0.3, -0.25) is 14.3 Å². The summed E-state index contributed by atoms with van der Waals surface area (Å²) < 4.78 is 38.2. The van der Waals surface area contributed by atoms with Gasteiger partial charge >= 0.3 is 0 Å². The molecule has 0 aliphatic carbocycles. The summed E-state index contributed by atoms with van der Waals surface area (Å²) in [5.41, 5.74) is 6.10. The summed E-state index contributed by atoms with van der Waals surface area (Å²) in [6, 6.07) is 16.4. The molecule has 0 aliphatic heterocycles. The summed E-state index contributed by atoms with van der Waals surface area (Å²) in [6.07, 6.45) is 0. The minimum atomic E-state index is -3.88. The third-order valence-electron chi connectivity index (χ3n) is 4.56. The molecule has 0 atom stereocenters. The summed E-state index contributed by atoms with van der Waals surface area (Å²) >= 11 is 0. The van der Waals surface area contributed by atoms with E-state index < -0.39 is 21.8 Å². The smallest absolute Gasteiger partial charge is 0.261 e. The Kier molecular flexibility index (Phi) is 7.19. The summed E-state index contributed by atoms with van der Waals surface area (Å²) in [6.45, 7) is 2.21. The first-order valence-electron chi connectivity index (χ1n) is 9.88. The zero-order chi connectivity index (χ0) is 24.0. The van der Waals surface area contributed by atoms with Crippen LogP contribution in [-0.4, -0.2) is 33.9 Å². The summed E-state index contributed by atoms with van der Waals surface area (Å²) in [4.78, 5) is 24.6. The number of ether oxygens (including phenoxy) is 2. The quantitative estimate of drug-likeness (QED) is 0.440. The van der Waals surface area contributed by atoms with Crippen LogP contribution in [0.3, 0.4) is 0 Å². The van der Waals surface area contributed by atoms with Gasteiger partial charge in [0.05, 0.1) is 29.9 Å².